The van der Waals surface area contributed by atoms with Gasteiger partial charge in [-0.1, -0.05) is 53.6 Å². The molecule has 1 unspecified atom stereocenters. The van der Waals surface area contributed by atoms with Crippen LogP contribution in [0.25, 0.3) is 0 Å². The van der Waals surface area contributed by atoms with Crippen LogP contribution in [0.1, 0.15) is 17.5 Å². The second-order valence-electron chi connectivity index (χ2n) is 7.84. The smallest absolute Gasteiger partial charge is 0.131 e. The van der Waals surface area contributed by atoms with E-state index in [1.165, 1.54) is 11.1 Å². The zero-order chi connectivity index (χ0) is 20.9. The SMILES string of the molecule is Cc1cccnc1N1CCN(CC2=CC(OCc3c(Cl)cccc3Cl)CC=C2)CC1. The number of ether oxygens (including phenoxy) is 1. The number of aryl methyl sites for hydroxylation is 1. The highest BCUT2D eigenvalue weighted by Gasteiger charge is 2.20. The van der Waals surface area contributed by atoms with Crippen LogP contribution in [-0.2, 0) is 11.3 Å². The van der Waals surface area contributed by atoms with Gasteiger partial charge in [-0.15, -0.1) is 0 Å². The predicted octanol–water partition coefficient (Wildman–Crippen LogP) is 5.29. The molecule has 1 aromatic heterocycles. The summed E-state index contributed by atoms with van der Waals surface area (Å²) in [5, 5.41) is 1.30. The molecule has 0 spiro atoms. The van der Waals surface area contributed by atoms with E-state index >= 15 is 0 Å². The van der Waals surface area contributed by atoms with Crippen molar-refractivity contribution >= 4 is 29.0 Å². The number of hydrogen-bond acceptors (Lipinski definition) is 4. The average molecular weight is 444 g/mol. The van der Waals surface area contributed by atoms with Crippen molar-refractivity contribution in [3.63, 3.8) is 0 Å². The summed E-state index contributed by atoms with van der Waals surface area (Å²) in [6.45, 7) is 7.55. The van der Waals surface area contributed by atoms with E-state index in [2.05, 4.69) is 46.0 Å². The molecule has 0 bridgehead atoms. The van der Waals surface area contributed by atoms with Gasteiger partial charge in [0.2, 0.25) is 0 Å². The Morgan fingerprint density at radius 2 is 1.83 bits per heavy atom. The molecule has 2 aromatic rings. The Kier molecular flexibility index (Phi) is 7.11. The molecule has 6 heteroatoms. The van der Waals surface area contributed by atoms with E-state index in [9.17, 15) is 0 Å². The van der Waals surface area contributed by atoms with E-state index in [0.29, 0.717) is 16.7 Å². The summed E-state index contributed by atoms with van der Waals surface area (Å²) in [5.74, 6) is 1.11. The molecule has 4 rings (SSSR count). The Hall–Kier alpha value is -1.85. The lowest BCUT2D eigenvalue weighted by molar-refractivity contribution is 0.0725. The molecular formula is C24H27Cl2N3O. The molecule has 0 amide bonds. The minimum absolute atomic E-state index is 0.0507. The van der Waals surface area contributed by atoms with Crippen LogP contribution in [0.2, 0.25) is 10.0 Å². The first-order chi connectivity index (χ1) is 14.6. The number of benzene rings is 1. The lowest BCUT2D eigenvalue weighted by Gasteiger charge is -2.36. The summed E-state index contributed by atoms with van der Waals surface area (Å²) in [6.07, 6.45) is 9.45. The number of pyridine rings is 1. The first kappa shape index (κ1) is 21.4. The van der Waals surface area contributed by atoms with Crippen LogP contribution in [0.4, 0.5) is 5.82 Å². The van der Waals surface area contributed by atoms with Gasteiger partial charge in [-0.05, 0) is 42.7 Å². The van der Waals surface area contributed by atoms with Crippen LogP contribution in [-0.4, -0.2) is 48.7 Å². The Bertz CT molecular complexity index is 916. The highest BCUT2D eigenvalue weighted by Crippen LogP contribution is 2.26. The van der Waals surface area contributed by atoms with Crippen molar-refractivity contribution in [1.82, 2.24) is 9.88 Å². The monoisotopic (exact) mass is 443 g/mol. The average Bonchev–Trinajstić information content (AvgIpc) is 2.75. The van der Waals surface area contributed by atoms with E-state index in [-0.39, 0.29) is 6.10 Å². The summed E-state index contributed by atoms with van der Waals surface area (Å²) in [7, 11) is 0. The van der Waals surface area contributed by atoms with Gasteiger partial charge in [0, 0.05) is 54.5 Å². The molecule has 1 fully saturated rings. The molecule has 30 heavy (non-hydrogen) atoms. The normalized spacial score (nSPS) is 19.8. The third-order valence-corrected chi connectivity index (χ3v) is 6.37. The first-order valence-corrected chi connectivity index (χ1v) is 11.2. The van der Waals surface area contributed by atoms with Crippen molar-refractivity contribution in [2.24, 2.45) is 0 Å². The molecule has 4 nitrogen and oxygen atoms in total. The van der Waals surface area contributed by atoms with Crippen molar-refractivity contribution in [1.29, 1.82) is 0 Å². The minimum atomic E-state index is 0.0507. The molecular weight excluding hydrogens is 417 g/mol. The topological polar surface area (TPSA) is 28.6 Å². The Balaban J connectivity index is 1.30. The van der Waals surface area contributed by atoms with Crippen molar-refractivity contribution in [3.8, 4) is 0 Å². The van der Waals surface area contributed by atoms with Crippen LogP contribution in [0.3, 0.4) is 0 Å². The number of piperazine rings is 1. The lowest BCUT2D eigenvalue weighted by atomic mass is 10.0. The third kappa shape index (κ3) is 5.25. The van der Waals surface area contributed by atoms with Crippen LogP contribution in [0.15, 0.2) is 60.3 Å². The number of nitrogens with zero attached hydrogens (tertiary/aromatic N) is 3. The van der Waals surface area contributed by atoms with Gasteiger partial charge in [0.25, 0.3) is 0 Å². The van der Waals surface area contributed by atoms with Crippen molar-refractivity contribution < 1.29 is 4.74 Å². The fourth-order valence-corrected chi connectivity index (χ4v) is 4.49. The molecule has 1 aliphatic carbocycles. The standard InChI is InChI=1S/C24H27Cl2N3O/c1-18-5-4-10-27-24(18)29-13-11-28(12-14-29)16-19-6-2-7-20(15-19)30-17-21-22(25)8-3-9-23(21)26/h2-6,8-10,15,20H,7,11-14,16-17H2,1H3. The molecule has 0 N–H and O–H groups in total. The van der Waals surface area contributed by atoms with Gasteiger partial charge >= 0.3 is 0 Å². The maximum Gasteiger partial charge on any atom is 0.131 e. The van der Waals surface area contributed by atoms with Crippen molar-refractivity contribution in [2.75, 3.05) is 37.6 Å². The maximum absolute atomic E-state index is 6.26. The number of anilines is 1. The fraction of sp³-hybridized carbons (Fsp3) is 0.375. The molecule has 2 heterocycles. The van der Waals surface area contributed by atoms with Gasteiger partial charge < -0.3 is 9.64 Å². The van der Waals surface area contributed by atoms with E-state index in [0.717, 1.165) is 50.5 Å². The van der Waals surface area contributed by atoms with E-state index in [1.807, 2.05) is 30.5 Å². The number of aromatic nitrogens is 1. The molecule has 1 saturated heterocycles. The second-order valence-corrected chi connectivity index (χ2v) is 8.65. The summed E-state index contributed by atoms with van der Waals surface area (Å²) >= 11 is 12.5. The van der Waals surface area contributed by atoms with E-state index < -0.39 is 0 Å². The third-order valence-electron chi connectivity index (χ3n) is 5.66. The number of rotatable bonds is 6. The highest BCUT2D eigenvalue weighted by atomic mass is 35.5. The van der Waals surface area contributed by atoms with Gasteiger partial charge in [0.15, 0.2) is 0 Å². The Morgan fingerprint density at radius 3 is 2.57 bits per heavy atom. The van der Waals surface area contributed by atoms with Crippen molar-refractivity contribution in [2.45, 2.75) is 26.1 Å². The largest absolute Gasteiger partial charge is 0.369 e. The first-order valence-electron chi connectivity index (χ1n) is 10.4. The molecule has 1 aliphatic heterocycles. The van der Waals surface area contributed by atoms with Gasteiger partial charge in [0.05, 0.1) is 12.7 Å². The molecule has 1 atom stereocenters. The second kappa shape index (κ2) is 9.97. The van der Waals surface area contributed by atoms with Crippen LogP contribution < -0.4 is 4.90 Å². The van der Waals surface area contributed by atoms with Gasteiger partial charge in [-0.3, -0.25) is 4.90 Å². The molecule has 2 aliphatic rings. The molecule has 0 saturated carbocycles. The van der Waals surface area contributed by atoms with Gasteiger partial charge in [-0.25, -0.2) is 4.98 Å². The Morgan fingerprint density at radius 1 is 1.07 bits per heavy atom. The quantitative estimate of drug-likeness (QED) is 0.606. The van der Waals surface area contributed by atoms with Crippen LogP contribution in [0, 0.1) is 6.92 Å². The number of halogens is 2. The van der Waals surface area contributed by atoms with Crippen LogP contribution in [0.5, 0.6) is 0 Å². The summed E-state index contributed by atoms with van der Waals surface area (Å²) < 4.78 is 6.11. The molecule has 1 aromatic carbocycles. The zero-order valence-electron chi connectivity index (χ0n) is 17.2. The summed E-state index contributed by atoms with van der Waals surface area (Å²) in [6, 6.07) is 9.67. The fourth-order valence-electron chi connectivity index (χ4n) is 3.98. The van der Waals surface area contributed by atoms with Gasteiger partial charge in [0.1, 0.15) is 5.82 Å². The predicted molar refractivity (Wildman–Crippen MR) is 125 cm³/mol. The molecule has 0 radical (unpaired) electrons. The zero-order valence-corrected chi connectivity index (χ0v) is 18.7. The summed E-state index contributed by atoms with van der Waals surface area (Å²) in [4.78, 5) is 9.44. The molecule has 158 valence electrons. The maximum atomic E-state index is 6.26. The lowest BCUT2D eigenvalue weighted by Crippen LogP contribution is -2.47. The van der Waals surface area contributed by atoms with Gasteiger partial charge in [-0.2, -0.15) is 0 Å². The van der Waals surface area contributed by atoms with E-state index in [4.69, 9.17) is 27.9 Å². The highest BCUT2D eigenvalue weighted by molar-refractivity contribution is 6.35. The Labute approximate surface area is 188 Å². The minimum Gasteiger partial charge on any atom is -0.369 e. The van der Waals surface area contributed by atoms with Crippen molar-refractivity contribution in [3.05, 3.63) is 81.5 Å². The summed E-state index contributed by atoms with van der Waals surface area (Å²) in [5.41, 5.74) is 3.40. The van der Waals surface area contributed by atoms with Crippen LogP contribution >= 0.6 is 23.2 Å². The van der Waals surface area contributed by atoms with E-state index in [1.54, 1.807) is 0 Å². The number of hydrogen-bond donors (Lipinski definition) is 0.